The van der Waals surface area contributed by atoms with Crippen molar-refractivity contribution < 1.29 is 4.74 Å². The number of aromatic nitrogens is 1. The van der Waals surface area contributed by atoms with Crippen molar-refractivity contribution >= 4 is 47.4 Å². The molecule has 0 aliphatic carbocycles. The van der Waals surface area contributed by atoms with E-state index < -0.39 is 0 Å². The molecule has 1 aromatic heterocycles. The van der Waals surface area contributed by atoms with Crippen molar-refractivity contribution in [1.82, 2.24) is 15.6 Å². The molecule has 2 N–H and O–H groups in total. The van der Waals surface area contributed by atoms with Crippen LogP contribution in [0.15, 0.2) is 47.5 Å². The van der Waals surface area contributed by atoms with Crippen molar-refractivity contribution in [3.8, 4) is 5.75 Å². The molecule has 1 aliphatic heterocycles. The van der Waals surface area contributed by atoms with Gasteiger partial charge in [-0.25, -0.2) is 4.98 Å². The summed E-state index contributed by atoms with van der Waals surface area (Å²) in [5, 5.41) is 7.60. The highest BCUT2D eigenvalue weighted by atomic mass is 127. The summed E-state index contributed by atoms with van der Waals surface area (Å²) in [7, 11) is 1.80. The largest absolute Gasteiger partial charge is 0.489 e. The van der Waals surface area contributed by atoms with Crippen LogP contribution >= 0.6 is 35.6 Å². The average Bonchev–Trinajstić information content (AvgIpc) is 2.73. The molecule has 8 heteroatoms. The Bertz CT molecular complexity index is 809. The summed E-state index contributed by atoms with van der Waals surface area (Å²) in [5.74, 6) is 2.69. The molecule has 6 nitrogen and oxygen atoms in total. The Morgan fingerprint density at radius 3 is 2.57 bits per heavy atom. The molecular formula is C22H31ClIN5O. The van der Waals surface area contributed by atoms with E-state index in [9.17, 15) is 0 Å². The van der Waals surface area contributed by atoms with Crippen LogP contribution in [0.5, 0.6) is 5.75 Å². The fraction of sp³-hybridized carbons (Fsp3) is 0.455. The molecule has 2 aromatic rings. The number of hydrogen-bond acceptors (Lipinski definition) is 4. The van der Waals surface area contributed by atoms with Crippen LogP contribution in [0.1, 0.15) is 25.5 Å². The predicted octanol–water partition coefficient (Wildman–Crippen LogP) is 4.26. The van der Waals surface area contributed by atoms with Crippen molar-refractivity contribution in [3.05, 3.63) is 53.2 Å². The van der Waals surface area contributed by atoms with E-state index in [2.05, 4.69) is 37.6 Å². The van der Waals surface area contributed by atoms with E-state index in [-0.39, 0.29) is 30.1 Å². The van der Waals surface area contributed by atoms with Crippen molar-refractivity contribution in [2.75, 3.05) is 31.6 Å². The first-order valence-corrected chi connectivity index (χ1v) is 10.5. The minimum Gasteiger partial charge on any atom is -0.489 e. The lowest BCUT2D eigenvalue weighted by Crippen LogP contribution is -2.50. The summed E-state index contributed by atoms with van der Waals surface area (Å²) in [6.45, 7) is 6.70. The summed E-state index contributed by atoms with van der Waals surface area (Å²) in [6.07, 6.45) is 2.10. The number of halogens is 2. The number of anilines is 1. The molecule has 0 saturated carbocycles. The second-order valence-corrected chi connectivity index (χ2v) is 7.81. The summed E-state index contributed by atoms with van der Waals surface area (Å²) in [6, 6.07) is 14.0. The molecule has 1 saturated heterocycles. The van der Waals surface area contributed by atoms with Crippen LogP contribution in [0, 0.1) is 6.92 Å². The SMILES string of the molecule is CN=C(NCC(C)Oc1ccc(Cl)cc1)NC1CCN(c2cccc(C)n2)CC1.I. The van der Waals surface area contributed by atoms with E-state index in [0.717, 1.165) is 49.2 Å². The maximum atomic E-state index is 5.91. The van der Waals surface area contributed by atoms with Crippen molar-refractivity contribution in [1.29, 1.82) is 0 Å². The van der Waals surface area contributed by atoms with Gasteiger partial charge in [0.25, 0.3) is 0 Å². The minimum absolute atomic E-state index is 0. The smallest absolute Gasteiger partial charge is 0.191 e. The second-order valence-electron chi connectivity index (χ2n) is 7.38. The predicted molar refractivity (Wildman–Crippen MR) is 136 cm³/mol. The average molecular weight is 544 g/mol. The Morgan fingerprint density at radius 2 is 1.93 bits per heavy atom. The third kappa shape index (κ3) is 7.50. The normalized spacial score (nSPS) is 15.9. The first-order valence-electron chi connectivity index (χ1n) is 10.1. The Labute approximate surface area is 201 Å². The fourth-order valence-corrected chi connectivity index (χ4v) is 3.50. The Balaban J connectivity index is 0.00000320. The molecule has 1 aromatic carbocycles. The molecule has 1 aliphatic rings. The van der Waals surface area contributed by atoms with Crippen LogP contribution in [0.25, 0.3) is 0 Å². The lowest BCUT2D eigenvalue weighted by molar-refractivity contribution is 0.223. The number of rotatable bonds is 6. The van der Waals surface area contributed by atoms with E-state index in [1.165, 1.54) is 0 Å². The summed E-state index contributed by atoms with van der Waals surface area (Å²) in [5.41, 5.74) is 1.06. The lowest BCUT2D eigenvalue weighted by Gasteiger charge is -2.34. The highest BCUT2D eigenvalue weighted by molar-refractivity contribution is 14.0. The number of nitrogens with zero attached hydrogens (tertiary/aromatic N) is 3. The molecule has 1 fully saturated rings. The molecule has 0 radical (unpaired) electrons. The van der Waals surface area contributed by atoms with Gasteiger partial charge in [-0.1, -0.05) is 17.7 Å². The Hall–Kier alpha value is -1.74. The molecule has 0 bridgehead atoms. The maximum Gasteiger partial charge on any atom is 0.191 e. The fourth-order valence-electron chi connectivity index (χ4n) is 3.37. The number of aryl methyl sites for hydroxylation is 1. The number of aliphatic imine (C=N–C) groups is 1. The molecule has 0 amide bonds. The summed E-state index contributed by atoms with van der Waals surface area (Å²) >= 11 is 5.91. The van der Waals surface area contributed by atoms with E-state index in [1.807, 2.05) is 44.2 Å². The van der Waals surface area contributed by atoms with E-state index in [1.54, 1.807) is 7.05 Å². The summed E-state index contributed by atoms with van der Waals surface area (Å²) < 4.78 is 5.91. The Kier molecular flexibility index (Phi) is 9.97. The van der Waals surface area contributed by atoms with Crippen molar-refractivity contribution in [3.63, 3.8) is 0 Å². The molecule has 2 heterocycles. The van der Waals surface area contributed by atoms with Crippen LogP contribution in [0.2, 0.25) is 5.02 Å². The van der Waals surface area contributed by atoms with Crippen LogP contribution in [0.3, 0.4) is 0 Å². The Morgan fingerprint density at radius 1 is 1.23 bits per heavy atom. The number of guanidine groups is 1. The van der Waals surface area contributed by atoms with Gasteiger partial charge in [-0.2, -0.15) is 0 Å². The van der Waals surface area contributed by atoms with Gasteiger partial charge in [-0.15, -0.1) is 24.0 Å². The van der Waals surface area contributed by atoms with Crippen molar-refractivity contribution in [2.24, 2.45) is 4.99 Å². The number of benzene rings is 1. The number of nitrogens with one attached hydrogen (secondary N) is 2. The zero-order valence-corrected chi connectivity index (χ0v) is 20.9. The van der Waals surface area contributed by atoms with Gasteiger partial charge in [0.15, 0.2) is 5.96 Å². The molecule has 3 rings (SSSR count). The monoisotopic (exact) mass is 543 g/mol. The first-order chi connectivity index (χ1) is 14.0. The zero-order chi connectivity index (χ0) is 20.6. The second kappa shape index (κ2) is 12.2. The van der Waals surface area contributed by atoms with E-state index >= 15 is 0 Å². The molecule has 0 spiro atoms. The van der Waals surface area contributed by atoms with Crippen LogP contribution < -0.4 is 20.3 Å². The van der Waals surface area contributed by atoms with Gasteiger partial charge in [0.1, 0.15) is 17.7 Å². The molecule has 30 heavy (non-hydrogen) atoms. The van der Waals surface area contributed by atoms with Gasteiger partial charge >= 0.3 is 0 Å². The molecule has 1 unspecified atom stereocenters. The third-order valence-corrected chi connectivity index (χ3v) is 5.22. The lowest BCUT2D eigenvalue weighted by atomic mass is 10.1. The maximum absolute atomic E-state index is 5.91. The topological polar surface area (TPSA) is 61.8 Å². The van der Waals surface area contributed by atoms with E-state index in [4.69, 9.17) is 16.3 Å². The van der Waals surface area contributed by atoms with Gasteiger partial charge in [0.2, 0.25) is 0 Å². The molecule has 1 atom stereocenters. The van der Waals surface area contributed by atoms with Gasteiger partial charge in [-0.05, 0) is 63.1 Å². The number of piperidine rings is 1. The standard InChI is InChI=1S/C22H30ClN5O.HI/c1-16-5-4-6-21(26-16)28-13-11-19(12-14-28)27-22(24-3)25-15-17(2)29-20-9-7-18(23)8-10-20;/h4-10,17,19H,11-15H2,1-3H3,(H2,24,25,27);1H. The van der Waals surface area contributed by atoms with Crippen LogP contribution in [-0.4, -0.2) is 49.8 Å². The van der Waals surface area contributed by atoms with Gasteiger partial charge in [0.05, 0.1) is 6.54 Å². The number of ether oxygens (including phenoxy) is 1. The van der Waals surface area contributed by atoms with Crippen LogP contribution in [0.4, 0.5) is 5.82 Å². The van der Waals surface area contributed by atoms with Crippen molar-refractivity contribution in [2.45, 2.75) is 38.8 Å². The van der Waals surface area contributed by atoms with Crippen LogP contribution in [-0.2, 0) is 0 Å². The first kappa shape index (κ1) is 24.5. The number of hydrogen-bond donors (Lipinski definition) is 2. The quantitative estimate of drug-likeness (QED) is 0.324. The number of pyridine rings is 1. The zero-order valence-electron chi connectivity index (χ0n) is 17.8. The highest BCUT2D eigenvalue weighted by Gasteiger charge is 2.21. The summed E-state index contributed by atoms with van der Waals surface area (Å²) in [4.78, 5) is 11.3. The molecular weight excluding hydrogens is 513 g/mol. The third-order valence-electron chi connectivity index (χ3n) is 4.96. The molecule has 164 valence electrons. The van der Waals surface area contributed by atoms with Gasteiger partial charge in [-0.3, -0.25) is 4.99 Å². The van der Waals surface area contributed by atoms with Gasteiger partial charge in [0, 0.05) is 36.9 Å². The van der Waals surface area contributed by atoms with E-state index in [0.29, 0.717) is 17.6 Å². The van der Waals surface area contributed by atoms with Gasteiger partial charge < -0.3 is 20.3 Å². The minimum atomic E-state index is 0. The highest BCUT2D eigenvalue weighted by Crippen LogP contribution is 2.18.